The maximum atomic E-state index is 13.2. The van der Waals surface area contributed by atoms with E-state index in [1.165, 1.54) is 21.3 Å². The second kappa shape index (κ2) is 9.23. The Morgan fingerprint density at radius 1 is 1.07 bits per heavy atom. The zero-order valence-electron chi connectivity index (χ0n) is 17.0. The third kappa shape index (κ3) is 4.44. The van der Waals surface area contributed by atoms with Gasteiger partial charge in [-0.1, -0.05) is 11.6 Å². The molecule has 1 atom stereocenters. The van der Waals surface area contributed by atoms with Crippen LogP contribution in [0.1, 0.15) is 18.5 Å². The van der Waals surface area contributed by atoms with E-state index in [1.54, 1.807) is 43.3 Å². The van der Waals surface area contributed by atoms with Crippen molar-refractivity contribution in [2.45, 2.75) is 13.0 Å². The molecule has 0 saturated carbocycles. The average molecular weight is 448 g/mol. The Hall–Kier alpha value is -2.97. The Morgan fingerprint density at radius 2 is 1.67 bits per heavy atom. The first-order valence-corrected chi connectivity index (χ1v) is 9.81. The summed E-state index contributed by atoms with van der Waals surface area (Å²) in [4.78, 5) is 13.2. The molecule has 1 amide bonds. The Labute approximate surface area is 185 Å². The zero-order chi connectivity index (χ0) is 21.8. The van der Waals surface area contributed by atoms with E-state index in [-0.39, 0.29) is 5.91 Å². The van der Waals surface area contributed by atoms with Crippen molar-refractivity contribution in [2.24, 2.45) is 0 Å². The summed E-state index contributed by atoms with van der Waals surface area (Å²) in [5, 5.41) is 10.1. The van der Waals surface area contributed by atoms with E-state index in [9.17, 15) is 4.79 Å². The smallest absolute Gasteiger partial charge is 0.255 e. The van der Waals surface area contributed by atoms with Crippen molar-refractivity contribution < 1.29 is 19.0 Å². The number of thiocarbonyl (C=S) groups is 1. The van der Waals surface area contributed by atoms with Gasteiger partial charge in [-0.05, 0) is 61.1 Å². The summed E-state index contributed by atoms with van der Waals surface area (Å²) >= 11 is 11.3. The molecule has 0 bridgehead atoms. The van der Waals surface area contributed by atoms with Gasteiger partial charge in [-0.3, -0.25) is 4.79 Å². The van der Waals surface area contributed by atoms with Crippen LogP contribution in [0, 0.1) is 0 Å². The Balaban J connectivity index is 2.03. The third-order valence-electron chi connectivity index (χ3n) is 4.64. The van der Waals surface area contributed by atoms with Gasteiger partial charge in [0, 0.05) is 16.4 Å². The van der Waals surface area contributed by atoms with Crippen LogP contribution in [-0.4, -0.2) is 32.3 Å². The highest BCUT2D eigenvalue weighted by Gasteiger charge is 2.31. The summed E-state index contributed by atoms with van der Waals surface area (Å²) in [6.45, 7) is 1.80. The lowest BCUT2D eigenvalue weighted by atomic mass is 9.94. The lowest BCUT2D eigenvalue weighted by molar-refractivity contribution is -0.113. The van der Waals surface area contributed by atoms with Gasteiger partial charge in [-0.25, -0.2) is 0 Å². The molecule has 0 radical (unpaired) electrons. The number of methoxy groups -OCH3 is 3. The van der Waals surface area contributed by atoms with E-state index >= 15 is 0 Å². The molecule has 0 aromatic heterocycles. The molecule has 2 aromatic carbocycles. The van der Waals surface area contributed by atoms with E-state index in [0.717, 1.165) is 5.56 Å². The number of hydrogen-bond donors (Lipinski definition) is 3. The number of ether oxygens (including phenoxy) is 3. The fourth-order valence-corrected chi connectivity index (χ4v) is 3.64. The fourth-order valence-electron chi connectivity index (χ4n) is 3.24. The van der Waals surface area contributed by atoms with Crippen molar-refractivity contribution in [3.05, 3.63) is 58.3 Å². The van der Waals surface area contributed by atoms with Crippen molar-refractivity contribution in [3.63, 3.8) is 0 Å². The lowest BCUT2D eigenvalue weighted by Crippen LogP contribution is -2.45. The lowest BCUT2D eigenvalue weighted by Gasteiger charge is -2.31. The molecule has 3 rings (SSSR count). The van der Waals surface area contributed by atoms with Gasteiger partial charge in [0.25, 0.3) is 5.91 Å². The monoisotopic (exact) mass is 447 g/mol. The van der Waals surface area contributed by atoms with Gasteiger partial charge in [0.05, 0.1) is 32.9 Å². The summed E-state index contributed by atoms with van der Waals surface area (Å²) in [6.07, 6.45) is 0. The van der Waals surface area contributed by atoms with Crippen LogP contribution < -0.4 is 30.2 Å². The highest BCUT2D eigenvalue weighted by Crippen LogP contribution is 2.41. The number of carbonyl (C=O) groups excluding carboxylic acids is 1. The molecule has 3 N–H and O–H groups in total. The molecule has 158 valence electrons. The minimum atomic E-state index is -0.528. The minimum absolute atomic E-state index is 0.281. The Bertz CT molecular complexity index is 983. The van der Waals surface area contributed by atoms with Gasteiger partial charge < -0.3 is 30.2 Å². The number of amides is 1. The van der Waals surface area contributed by atoms with Gasteiger partial charge in [0.2, 0.25) is 5.75 Å². The first-order valence-electron chi connectivity index (χ1n) is 9.03. The maximum absolute atomic E-state index is 13.2. The molecule has 1 aliphatic rings. The molecule has 2 aromatic rings. The van der Waals surface area contributed by atoms with Crippen LogP contribution >= 0.6 is 23.8 Å². The largest absolute Gasteiger partial charge is 0.493 e. The number of nitrogens with one attached hydrogen (secondary N) is 3. The normalized spacial score (nSPS) is 15.8. The molecule has 30 heavy (non-hydrogen) atoms. The molecule has 1 heterocycles. The second-order valence-electron chi connectivity index (χ2n) is 6.49. The molecular formula is C21H22ClN3O4S. The highest BCUT2D eigenvalue weighted by atomic mass is 35.5. The molecule has 0 aliphatic carbocycles. The van der Waals surface area contributed by atoms with E-state index in [0.29, 0.717) is 44.3 Å². The second-order valence-corrected chi connectivity index (χ2v) is 7.33. The zero-order valence-corrected chi connectivity index (χ0v) is 18.5. The molecule has 0 spiro atoms. The minimum Gasteiger partial charge on any atom is -0.493 e. The predicted molar refractivity (Wildman–Crippen MR) is 120 cm³/mol. The quantitative estimate of drug-likeness (QED) is 0.581. The molecule has 9 heteroatoms. The first-order chi connectivity index (χ1) is 14.4. The van der Waals surface area contributed by atoms with Gasteiger partial charge >= 0.3 is 0 Å². The van der Waals surface area contributed by atoms with Gasteiger partial charge in [0.15, 0.2) is 16.6 Å². The predicted octanol–water partition coefficient (Wildman–Crippen LogP) is 3.80. The number of carbonyl (C=O) groups is 1. The summed E-state index contributed by atoms with van der Waals surface area (Å²) in [5.74, 6) is 1.14. The fraction of sp³-hybridized carbons (Fsp3) is 0.238. The number of hydrogen-bond acceptors (Lipinski definition) is 5. The summed E-state index contributed by atoms with van der Waals surface area (Å²) < 4.78 is 16.3. The van der Waals surface area contributed by atoms with E-state index in [1.807, 2.05) is 0 Å². The van der Waals surface area contributed by atoms with Crippen LogP contribution in [0.2, 0.25) is 5.02 Å². The number of anilines is 1. The van der Waals surface area contributed by atoms with Crippen LogP contribution in [0.3, 0.4) is 0 Å². The van der Waals surface area contributed by atoms with Crippen molar-refractivity contribution >= 4 is 40.5 Å². The summed E-state index contributed by atoms with van der Waals surface area (Å²) in [5.41, 5.74) is 2.48. The molecule has 7 nitrogen and oxygen atoms in total. The van der Waals surface area contributed by atoms with E-state index in [4.69, 9.17) is 38.0 Å². The standard InChI is InChI=1S/C21H22ClN3O4S/c1-11-17(20(26)24-14-7-5-13(22)6-8-14)18(25-21(30)23-11)12-9-15(27-2)19(29-4)16(10-12)28-3/h5-10,18H,1-4H3,(H,24,26)(H2,23,25,30)/t18-/m0/s1. The van der Waals surface area contributed by atoms with Gasteiger partial charge in [-0.2, -0.15) is 0 Å². The van der Waals surface area contributed by atoms with Crippen molar-refractivity contribution in [3.8, 4) is 17.2 Å². The summed E-state index contributed by atoms with van der Waals surface area (Å²) in [6, 6.07) is 9.94. The number of allylic oxidation sites excluding steroid dienone is 1. The maximum Gasteiger partial charge on any atom is 0.255 e. The van der Waals surface area contributed by atoms with Crippen LogP contribution in [0.4, 0.5) is 5.69 Å². The van der Waals surface area contributed by atoms with E-state index < -0.39 is 6.04 Å². The number of halogens is 1. The van der Waals surface area contributed by atoms with Crippen molar-refractivity contribution in [1.29, 1.82) is 0 Å². The highest BCUT2D eigenvalue weighted by molar-refractivity contribution is 7.80. The number of rotatable bonds is 6. The third-order valence-corrected chi connectivity index (χ3v) is 5.11. The van der Waals surface area contributed by atoms with Crippen LogP contribution in [0.15, 0.2) is 47.7 Å². The van der Waals surface area contributed by atoms with Crippen LogP contribution in [0.5, 0.6) is 17.2 Å². The molecular weight excluding hydrogens is 426 g/mol. The Kier molecular flexibility index (Phi) is 6.69. The summed E-state index contributed by atoms with van der Waals surface area (Å²) in [7, 11) is 4.61. The van der Waals surface area contributed by atoms with Crippen molar-refractivity contribution in [1.82, 2.24) is 10.6 Å². The SMILES string of the molecule is COc1cc([C@@H]2NC(=S)NC(C)=C2C(=O)Nc2ccc(Cl)cc2)cc(OC)c1OC. The van der Waals surface area contributed by atoms with Gasteiger partial charge in [-0.15, -0.1) is 0 Å². The van der Waals surface area contributed by atoms with E-state index in [2.05, 4.69) is 16.0 Å². The first kappa shape index (κ1) is 21.7. The van der Waals surface area contributed by atoms with Gasteiger partial charge in [0.1, 0.15) is 0 Å². The van der Waals surface area contributed by atoms with Crippen molar-refractivity contribution in [2.75, 3.05) is 26.6 Å². The average Bonchev–Trinajstić information content (AvgIpc) is 2.73. The molecule has 0 unspecified atom stereocenters. The Morgan fingerprint density at radius 3 is 2.20 bits per heavy atom. The van der Waals surface area contributed by atoms with Crippen LogP contribution in [-0.2, 0) is 4.79 Å². The molecule has 0 saturated heterocycles. The molecule has 1 aliphatic heterocycles. The molecule has 0 fully saturated rings. The topological polar surface area (TPSA) is 80.9 Å². The van der Waals surface area contributed by atoms with Crippen LogP contribution in [0.25, 0.3) is 0 Å². The number of benzene rings is 2.